The van der Waals surface area contributed by atoms with Gasteiger partial charge in [-0.1, -0.05) is 30.3 Å². The van der Waals surface area contributed by atoms with E-state index in [2.05, 4.69) is 5.32 Å². The van der Waals surface area contributed by atoms with Gasteiger partial charge in [0.25, 0.3) is 5.91 Å². The van der Waals surface area contributed by atoms with Crippen LogP contribution >= 0.6 is 11.8 Å². The molecule has 2 aliphatic heterocycles. The maximum absolute atomic E-state index is 12.3. The smallest absolute Gasteiger partial charge is 0.320 e. The quantitative estimate of drug-likeness (QED) is 0.682. The molecule has 0 spiro atoms. The van der Waals surface area contributed by atoms with Gasteiger partial charge < -0.3 is 21.1 Å². The Morgan fingerprint density at radius 2 is 2.00 bits per heavy atom. The summed E-state index contributed by atoms with van der Waals surface area (Å²) >= 11 is 1.14. The number of nitrogens with zero attached hydrogens (tertiary/aromatic N) is 1. The topological polar surface area (TPSA) is 113 Å². The number of rotatable bonds is 4. The first-order valence-electron chi connectivity index (χ1n) is 7.40. The lowest BCUT2D eigenvalue weighted by Gasteiger charge is -2.48. The number of β-lactam (4-membered cyclic amide) rings is 1. The number of hydrogen-bond acceptors (Lipinski definition) is 5. The zero-order valence-corrected chi connectivity index (χ0v) is 13.7. The minimum absolute atomic E-state index is 0.260. The third-order valence-electron chi connectivity index (χ3n) is 4.07. The van der Waals surface area contributed by atoms with Gasteiger partial charge in [-0.3, -0.25) is 14.4 Å². The molecule has 2 amide bonds. The lowest BCUT2D eigenvalue weighted by molar-refractivity contribution is -0.145. The molecule has 7 nitrogen and oxygen atoms in total. The van der Waals surface area contributed by atoms with Crippen molar-refractivity contribution in [2.75, 3.05) is 0 Å². The van der Waals surface area contributed by atoms with E-state index in [4.69, 9.17) is 5.73 Å². The van der Waals surface area contributed by atoms with Crippen molar-refractivity contribution in [3.8, 4) is 0 Å². The Morgan fingerprint density at radius 3 is 2.62 bits per heavy atom. The first-order valence-corrected chi connectivity index (χ1v) is 8.34. The lowest BCUT2D eigenvalue weighted by Crippen LogP contribution is -2.69. The number of benzene rings is 1. The standard InChI is InChI=1S/C16H17N3O4S/c1-8-7-19-14(21)11(15(19)24-12(8)16(22)23)18-13(20)10(17)9-5-3-2-4-6-9/h2-7,10-12,15H,17H2,1H3,(H,18,20)(H,22,23)/t10?,11?,12?,15-/m1/s1. The minimum Gasteiger partial charge on any atom is -0.480 e. The number of amides is 2. The second-order valence-corrected chi connectivity index (χ2v) is 6.96. The molecule has 2 heterocycles. The van der Waals surface area contributed by atoms with Crippen molar-refractivity contribution in [2.45, 2.75) is 29.6 Å². The monoisotopic (exact) mass is 347 g/mol. The zero-order valence-electron chi connectivity index (χ0n) is 12.9. The van der Waals surface area contributed by atoms with Crippen LogP contribution in [0.15, 0.2) is 42.1 Å². The molecule has 4 N–H and O–H groups in total. The molecule has 0 aliphatic carbocycles. The van der Waals surface area contributed by atoms with Crippen molar-refractivity contribution in [2.24, 2.45) is 5.73 Å². The number of carbonyl (C=O) groups is 3. The molecule has 1 fully saturated rings. The van der Waals surface area contributed by atoms with E-state index < -0.39 is 34.6 Å². The van der Waals surface area contributed by atoms with E-state index in [1.807, 2.05) is 6.07 Å². The van der Waals surface area contributed by atoms with E-state index >= 15 is 0 Å². The van der Waals surface area contributed by atoms with Crippen LogP contribution in [0.25, 0.3) is 0 Å². The summed E-state index contributed by atoms with van der Waals surface area (Å²) in [5.74, 6) is -1.68. The van der Waals surface area contributed by atoms with Crippen LogP contribution in [-0.4, -0.2) is 44.5 Å². The molecule has 8 heteroatoms. The zero-order chi connectivity index (χ0) is 17.4. The number of fused-ring (bicyclic) bond motifs is 1. The van der Waals surface area contributed by atoms with Crippen molar-refractivity contribution >= 4 is 29.5 Å². The van der Waals surface area contributed by atoms with Crippen molar-refractivity contribution in [3.05, 3.63) is 47.7 Å². The number of nitrogens with one attached hydrogen (secondary N) is 1. The van der Waals surface area contributed by atoms with E-state index in [9.17, 15) is 19.5 Å². The number of nitrogens with two attached hydrogens (primary N) is 1. The molecular weight excluding hydrogens is 330 g/mol. The molecule has 0 aromatic heterocycles. The number of thioether (sulfide) groups is 1. The third kappa shape index (κ3) is 2.78. The lowest BCUT2D eigenvalue weighted by atomic mass is 10.0. The molecule has 0 saturated carbocycles. The van der Waals surface area contributed by atoms with E-state index in [0.29, 0.717) is 11.1 Å². The number of carboxylic acids is 1. The maximum Gasteiger partial charge on any atom is 0.320 e. The molecule has 1 aromatic carbocycles. The molecule has 24 heavy (non-hydrogen) atoms. The van der Waals surface area contributed by atoms with Crippen molar-refractivity contribution < 1.29 is 19.5 Å². The van der Waals surface area contributed by atoms with Crippen LogP contribution in [-0.2, 0) is 14.4 Å². The van der Waals surface area contributed by atoms with Crippen LogP contribution in [0.2, 0.25) is 0 Å². The molecule has 3 rings (SSSR count). The normalized spacial score (nSPS) is 26.8. The van der Waals surface area contributed by atoms with Gasteiger partial charge >= 0.3 is 5.97 Å². The second-order valence-electron chi connectivity index (χ2n) is 5.74. The van der Waals surface area contributed by atoms with Gasteiger partial charge in [-0.25, -0.2) is 0 Å². The van der Waals surface area contributed by atoms with Crippen LogP contribution in [0.4, 0.5) is 0 Å². The SMILES string of the molecule is CC1=CN2C(=O)C(NC(=O)C(N)c3ccccc3)[C@H]2SC1C(=O)O. The second kappa shape index (κ2) is 6.29. The van der Waals surface area contributed by atoms with Crippen molar-refractivity contribution in [1.82, 2.24) is 10.2 Å². The predicted octanol–water partition coefficient (Wildman–Crippen LogP) is 0.443. The number of hydrogen-bond donors (Lipinski definition) is 3. The first kappa shape index (κ1) is 16.5. The van der Waals surface area contributed by atoms with Crippen molar-refractivity contribution in [3.63, 3.8) is 0 Å². The average Bonchev–Trinajstić information content (AvgIpc) is 2.59. The number of aliphatic carboxylic acids is 1. The van der Waals surface area contributed by atoms with E-state index in [-0.39, 0.29) is 5.91 Å². The van der Waals surface area contributed by atoms with E-state index in [0.717, 1.165) is 11.8 Å². The Labute approximate surface area is 142 Å². The molecule has 0 bridgehead atoms. The average molecular weight is 347 g/mol. The summed E-state index contributed by atoms with van der Waals surface area (Å²) in [7, 11) is 0. The summed E-state index contributed by atoms with van der Waals surface area (Å²) < 4.78 is 0. The molecule has 1 aromatic rings. The highest BCUT2D eigenvalue weighted by atomic mass is 32.2. The van der Waals surface area contributed by atoms with Crippen LogP contribution in [0.5, 0.6) is 0 Å². The number of carboxylic acid groups (broad SMARTS) is 1. The Morgan fingerprint density at radius 1 is 1.33 bits per heavy atom. The Hall–Kier alpha value is -2.32. The van der Waals surface area contributed by atoms with Gasteiger partial charge in [0, 0.05) is 6.20 Å². The Kier molecular flexibility index (Phi) is 4.33. The molecule has 0 radical (unpaired) electrons. The molecule has 1 saturated heterocycles. The summed E-state index contributed by atoms with van der Waals surface area (Å²) in [6, 6.07) is 7.21. The van der Waals surface area contributed by atoms with E-state index in [1.54, 1.807) is 37.4 Å². The van der Waals surface area contributed by atoms with E-state index in [1.165, 1.54) is 4.90 Å². The maximum atomic E-state index is 12.3. The Bertz CT molecular complexity index is 721. The number of carbonyl (C=O) groups excluding carboxylic acids is 2. The van der Waals surface area contributed by atoms with Crippen LogP contribution < -0.4 is 11.1 Å². The Balaban J connectivity index is 1.70. The third-order valence-corrected chi connectivity index (χ3v) is 5.70. The minimum atomic E-state index is -0.959. The fourth-order valence-electron chi connectivity index (χ4n) is 2.74. The first-order chi connectivity index (χ1) is 11.4. The van der Waals surface area contributed by atoms with Gasteiger partial charge in [0.15, 0.2) is 0 Å². The van der Waals surface area contributed by atoms with Gasteiger partial charge in [-0.15, -0.1) is 11.8 Å². The van der Waals surface area contributed by atoms with Gasteiger partial charge in [-0.2, -0.15) is 0 Å². The van der Waals surface area contributed by atoms with Crippen LogP contribution in [0.3, 0.4) is 0 Å². The van der Waals surface area contributed by atoms with Crippen molar-refractivity contribution in [1.29, 1.82) is 0 Å². The highest BCUT2D eigenvalue weighted by Crippen LogP contribution is 2.40. The molecule has 4 atom stereocenters. The van der Waals surface area contributed by atoms with Gasteiger partial charge in [-0.05, 0) is 18.1 Å². The summed E-state index contributed by atoms with van der Waals surface area (Å²) in [5, 5.41) is 10.7. The summed E-state index contributed by atoms with van der Waals surface area (Å²) in [6.45, 7) is 1.67. The highest BCUT2D eigenvalue weighted by molar-refractivity contribution is 8.01. The fraction of sp³-hybridized carbons (Fsp3) is 0.312. The molecule has 126 valence electrons. The van der Waals surface area contributed by atoms with Gasteiger partial charge in [0.05, 0.1) is 0 Å². The summed E-state index contributed by atoms with van der Waals surface area (Å²) in [6.07, 6.45) is 1.54. The largest absolute Gasteiger partial charge is 0.480 e. The summed E-state index contributed by atoms with van der Waals surface area (Å²) in [4.78, 5) is 37.2. The molecule has 3 unspecified atom stereocenters. The fourth-order valence-corrected chi connectivity index (χ4v) is 4.05. The van der Waals surface area contributed by atoms with Gasteiger partial charge in [0.2, 0.25) is 5.91 Å². The molecular formula is C16H17N3O4S. The highest BCUT2D eigenvalue weighted by Gasteiger charge is 2.52. The molecule has 2 aliphatic rings. The summed E-state index contributed by atoms with van der Waals surface area (Å²) in [5.41, 5.74) is 7.17. The van der Waals surface area contributed by atoms with Crippen LogP contribution in [0.1, 0.15) is 18.5 Å². The van der Waals surface area contributed by atoms with Crippen LogP contribution in [0, 0.1) is 0 Å². The predicted molar refractivity (Wildman–Crippen MR) is 88.7 cm³/mol. The van der Waals surface area contributed by atoms with Gasteiger partial charge in [0.1, 0.15) is 22.7 Å².